The molecule has 0 amide bonds. The summed E-state index contributed by atoms with van der Waals surface area (Å²) in [5.41, 5.74) is 6.43. The minimum Gasteiger partial charge on any atom is -0.330 e. The summed E-state index contributed by atoms with van der Waals surface area (Å²) in [4.78, 5) is 1.43. The molecule has 0 atom stereocenters. The van der Waals surface area contributed by atoms with Crippen molar-refractivity contribution >= 4 is 11.3 Å². The Hall–Kier alpha value is -0.380. The van der Waals surface area contributed by atoms with Crippen molar-refractivity contribution < 1.29 is 0 Å². The van der Waals surface area contributed by atoms with E-state index in [1.165, 1.54) is 43.4 Å². The molecular weight excluding hydrogens is 228 g/mol. The number of nitrogens with one attached hydrogen (secondary N) is 1. The molecule has 0 aromatic carbocycles. The molecule has 0 saturated heterocycles. The molecule has 0 unspecified atom stereocenters. The van der Waals surface area contributed by atoms with Gasteiger partial charge in [0, 0.05) is 11.4 Å². The van der Waals surface area contributed by atoms with Gasteiger partial charge in [0.1, 0.15) is 0 Å². The Morgan fingerprint density at radius 2 is 2.12 bits per heavy atom. The van der Waals surface area contributed by atoms with E-state index in [0.29, 0.717) is 5.41 Å². The van der Waals surface area contributed by atoms with Gasteiger partial charge in [0.05, 0.1) is 0 Å². The molecule has 1 aliphatic carbocycles. The fourth-order valence-electron chi connectivity index (χ4n) is 2.84. The zero-order valence-corrected chi connectivity index (χ0v) is 11.4. The normalized spacial score (nSPS) is 19.4. The molecule has 1 aromatic heterocycles. The highest BCUT2D eigenvalue weighted by Crippen LogP contribution is 2.37. The maximum absolute atomic E-state index is 5.99. The van der Waals surface area contributed by atoms with Crippen LogP contribution in [0.2, 0.25) is 0 Å². The molecule has 0 radical (unpaired) electrons. The third-order valence-electron chi connectivity index (χ3n) is 4.06. The van der Waals surface area contributed by atoms with Gasteiger partial charge in [-0.2, -0.15) is 0 Å². The average molecular weight is 252 g/mol. The minimum absolute atomic E-state index is 0.445. The second-order valence-electron chi connectivity index (χ2n) is 5.27. The van der Waals surface area contributed by atoms with E-state index in [-0.39, 0.29) is 0 Å². The van der Waals surface area contributed by atoms with Crippen LogP contribution in [0.5, 0.6) is 0 Å². The standard InChI is InChI=1S/C14H24N2S/c15-12-14(6-2-1-3-7-14)8-9-16-11-13-5-4-10-17-13/h4-5,10,16H,1-3,6-9,11-12,15H2. The lowest BCUT2D eigenvalue weighted by Gasteiger charge is -2.36. The van der Waals surface area contributed by atoms with Crippen LogP contribution in [0.15, 0.2) is 17.5 Å². The predicted octanol–water partition coefficient (Wildman–Crippen LogP) is 3.14. The van der Waals surface area contributed by atoms with Crippen LogP contribution in [0.25, 0.3) is 0 Å². The van der Waals surface area contributed by atoms with Crippen molar-refractivity contribution in [3.63, 3.8) is 0 Å². The first-order valence-electron chi connectivity index (χ1n) is 6.78. The van der Waals surface area contributed by atoms with Gasteiger partial charge in [-0.15, -0.1) is 11.3 Å². The van der Waals surface area contributed by atoms with Crippen LogP contribution in [0.4, 0.5) is 0 Å². The molecule has 96 valence electrons. The summed E-state index contributed by atoms with van der Waals surface area (Å²) in [5.74, 6) is 0. The van der Waals surface area contributed by atoms with Gasteiger partial charge in [-0.05, 0) is 49.2 Å². The van der Waals surface area contributed by atoms with Crippen molar-refractivity contribution in [1.82, 2.24) is 5.32 Å². The van der Waals surface area contributed by atoms with E-state index < -0.39 is 0 Å². The Bertz CT molecular complexity index is 302. The second-order valence-corrected chi connectivity index (χ2v) is 6.30. The molecule has 0 bridgehead atoms. The van der Waals surface area contributed by atoms with Crippen LogP contribution in [0, 0.1) is 5.41 Å². The summed E-state index contributed by atoms with van der Waals surface area (Å²) in [5, 5.41) is 5.69. The molecular formula is C14H24N2S. The molecule has 3 N–H and O–H groups in total. The third kappa shape index (κ3) is 3.80. The molecule has 1 aliphatic rings. The van der Waals surface area contributed by atoms with Gasteiger partial charge in [-0.3, -0.25) is 0 Å². The molecule has 2 nitrogen and oxygen atoms in total. The summed E-state index contributed by atoms with van der Waals surface area (Å²) in [6.07, 6.45) is 8.08. The third-order valence-corrected chi connectivity index (χ3v) is 4.94. The number of nitrogens with two attached hydrogens (primary N) is 1. The summed E-state index contributed by atoms with van der Waals surface area (Å²) in [6, 6.07) is 4.31. The zero-order valence-electron chi connectivity index (χ0n) is 10.6. The van der Waals surface area contributed by atoms with Crippen molar-refractivity contribution in [3.05, 3.63) is 22.4 Å². The van der Waals surface area contributed by atoms with Gasteiger partial charge in [0.2, 0.25) is 0 Å². The SMILES string of the molecule is NCC1(CCNCc2cccs2)CCCCC1. The Kier molecular flexibility index (Phi) is 5.01. The second kappa shape index (κ2) is 6.53. The fraction of sp³-hybridized carbons (Fsp3) is 0.714. The number of rotatable bonds is 6. The van der Waals surface area contributed by atoms with Crippen LogP contribution in [-0.2, 0) is 6.54 Å². The molecule has 0 aliphatic heterocycles. The molecule has 0 spiro atoms. The van der Waals surface area contributed by atoms with E-state index in [1.54, 1.807) is 0 Å². The van der Waals surface area contributed by atoms with Crippen LogP contribution in [0.3, 0.4) is 0 Å². The minimum atomic E-state index is 0.445. The number of hydrogen-bond donors (Lipinski definition) is 2. The van der Waals surface area contributed by atoms with Crippen LogP contribution < -0.4 is 11.1 Å². The molecule has 1 aromatic rings. The topological polar surface area (TPSA) is 38.0 Å². The van der Waals surface area contributed by atoms with Gasteiger partial charge >= 0.3 is 0 Å². The van der Waals surface area contributed by atoms with Crippen LogP contribution in [-0.4, -0.2) is 13.1 Å². The van der Waals surface area contributed by atoms with Gasteiger partial charge < -0.3 is 11.1 Å². The predicted molar refractivity (Wildman–Crippen MR) is 75.2 cm³/mol. The first-order valence-corrected chi connectivity index (χ1v) is 7.66. The Morgan fingerprint density at radius 1 is 1.29 bits per heavy atom. The lowest BCUT2D eigenvalue weighted by Crippen LogP contribution is -2.35. The number of hydrogen-bond acceptors (Lipinski definition) is 3. The van der Waals surface area contributed by atoms with Crippen molar-refractivity contribution in [1.29, 1.82) is 0 Å². The Morgan fingerprint density at radius 3 is 2.76 bits per heavy atom. The zero-order chi connectivity index (χ0) is 12.0. The molecule has 17 heavy (non-hydrogen) atoms. The lowest BCUT2D eigenvalue weighted by atomic mass is 9.72. The van der Waals surface area contributed by atoms with E-state index in [2.05, 4.69) is 22.8 Å². The van der Waals surface area contributed by atoms with Gasteiger partial charge in [0.25, 0.3) is 0 Å². The molecule has 1 saturated carbocycles. The Labute approximate surface area is 109 Å². The van der Waals surface area contributed by atoms with E-state index in [1.807, 2.05) is 11.3 Å². The molecule has 1 heterocycles. The van der Waals surface area contributed by atoms with Crippen LogP contribution >= 0.6 is 11.3 Å². The van der Waals surface area contributed by atoms with Crippen molar-refractivity contribution in [3.8, 4) is 0 Å². The maximum Gasteiger partial charge on any atom is 0.0299 e. The first-order chi connectivity index (χ1) is 8.35. The summed E-state index contributed by atoms with van der Waals surface area (Å²) in [6.45, 7) is 2.99. The van der Waals surface area contributed by atoms with Gasteiger partial charge in [-0.25, -0.2) is 0 Å². The molecule has 2 rings (SSSR count). The summed E-state index contributed by atoms with van der Waals surface area (Å²) < 4.78 is 0. The Balaban J connectivity index is 1.69. The maximum atomic E-state index is 5.99. The summed E-state index contributed by atoms with van der Waals surface area (Å²) >= 11 is 1.83. The van der Waals surface area contributed by atoms with Crippen molar-refractivity contribution in [2.24, 2.45) is 11.1 Å². The highest BCUT2D eigenvalue weighted by atomic mass is 32.1. The van der Waals surface area contributed by atoms with Gasteiger partial charge in [-0.1, -0.05) is 25.3 Å². The van der Waals surface area contributed by atoms with E-state index in [0.717, 1.165) is 19.6 Å². The largest absolute Gasteiger partial charge is 0.330 e. The van der Waals surface area contributed by atoms with Crippen molar-refractivity contribution in [2.45, 2.75) is 45.1 Å². The smallest absolute Gasteiger partial charge is 0.0299 e. The quantitative estimate of drug-likeness (QED) is 0.763. The van der Waals surface area contributed by atoms with Crippen LogP contribution in [0.1, 0.15) is 43.4 Å². The first kappa shape index (κ1) is 13.1. The average Bonchev–Trinajstić information content (AvgIpc) is 2.89. The summed E-state index contributed by atoms with van der Waals surface area (Å²) in [7, 11) is 0. The van der Waals surface area contributed by atoms with E-state index >= 15 is 0 Å². The highest BCUT2D eigenvalue weighted by molar-refractivity contribution is 7.09. The molecule has 3 heteroatoms. The molecule has 1 fully saturated rings. The lowest BCUT2D eigenvalue weighted by molar-refractivity contribution is 0.181. The van der Waals surface area contributed by atoms with Gasteiger partial charge in [0.15, 0.2) is 0 Å². The number of thiophene rings is 1. The monoisotopic (exact) mass is 252 g/mol. The van der Waals surface area contributed by atoms with Crippen molar-refractivity contribution in [2.75, 3.05) is 13.1 Å². The fourth-order valence-corrected chi connectivity index (χ4v) is 3.51. The van der Waals surface area contributed by atoms with E-state index in [9.17, 15) is 0 Å². The highest BCUT2D eigenvalue weighted by Gasteiger charge is 2.29. The van der Waals surface area contributed by atoms with E-state index in [4.69, 9.17) is 5.73 Å².